The molecular weight excluding hydrogens is 376 g/mol. The van der Waals surface area contributed by atoms with Gasteiger partial charge < -0.3 is 10.8 Å². The number of benzene rings is 1. The Morgan fingerprint density at radius 3 is 2.56 bits per heavy atom. The molecule has 0 atom stereocenters. The standard InChI is InChI=1S/C8H4Br2N4O4/c9-2-1-3-5(6(4(2)10)14(17)18)12-7(15)8(16)13(3)11/h1H,11H2,(H,12,15). The number of nitrogens with zero attached hydrogens (tertiary/aromatic N) is 2. The number of hydrogen-bond acceptors (Lipinski definition) is 5. The Hall–Kier alpha value is -1.68. The van der Waals surface area contributed by atoms with Crippen LogP contribution in [0.4, 0.5) is 5.69 Å². The van der Waals surface area contributed by atoms with Crippen molar-refractivity contribution in [3.63, 3.8) is 0 Å². The lowest BCUT2D eigenvalue weighted by Crippen LogP contribution is -2.40. The Morgan fingerprint density at radius 1 is 1.39 bits per heavy atom. The highest BCUT2D eigenvalue weighted by Crippen LogP contribution is 2.37. The van der Waals surface area contributed by atoms with Crippen LogP contribution in [0.2, 0.25) is 0 Å². The number of nitrogens with two attached hydrogens (primary N) is 1. The number of nitro groups is 1. The lowest BCUT2D eigenvalue weighted by molar-refractivity contribution is -0.384. The zero-order valence-corrected chi connectivity index (χ0v) is 11.6. The third-order valence-corrected chi connectivity index (χ3v) is 4.23. The highest BCUT2D eigenvalue weighted by atomic mass is 79.9. The Balaban J connectivity index is 3.17. The Kier molecular flexibility index (Phi) is 2.99. The first kappa shape index (κ1) is 12.8. The minimum absolute atomic E-state index is 0.0429. The van der Waals surface area contributed by atoms with Gasteiger partial charge in [0.15, 0.2) is 0 Å². The molecule has 0 aliphatic carbocycles. The smallest absolute Gasteiger partial charge is 0.334 e. The summed E-state index contributed by atoms with van der Waals surface area (Å²) in [5.41, 5.74) is -2.48. The molecule has 0 bridgehead atoms. The summed E-state index contributed by atoms with van der Waals surface area (Å²) in [5, 5.41) is 11.0. The quantitative estimate of drug-likeness (QED) is 0.328. The summed E-state index contributed by atoms with van der Waals surface area (Å²) in [7, 11) is 0. The van der Waals surface area contributed by atoms with Gasteiger partial charge in [0, 0.05) is 4.47 Å². The van der Waals surface area contributed by atoms with Gasteiger partial charge in [-0.1, -0.05) is 0 Å². The largest absolute Gasteiger partial charge is 0.336 e. The Labute approximate surface area is 115 Å². The second-order valence-corrected chi connectivity index (χ2v) is 4.95. The maximum absolute atomic E-state index is 11.4. The zero-order valence-electron chi connectivity index (χ0n) is 8.44. The lowest BCUT2D eigenvalue weighted by atomic mass is 10.2. The number of aromatic amines is 1. The first-order chi connectivity index (χ1) is 8.34. The highest BCUT2D eigenvalue weighted by molar-refractivity contribution is 9.13. The average Bonchev–Trinajstić information content (AvgIpc) is 2.29. The van der Waals surface area contributed by atoms with E-state index in [0.29, 0.717) is 9.15 Å². The van der Waals surface area contributed by atoms with Crippen molar-refractivity contribution in [3.05, 3.63) is 45.8 Å². The topological polar surface area (TPSA) is 124 Å². The van der Waals surface area contributed by atoms with Gasteiger partial charge in [0.05, 0.1) is 10.4 Å². The molecule has 0 fully saturated rings. The van der Waals surface area contributed by atoms with Gasteiger partial charge in [0.1, 0.15) is 9.99 Å². The molecule has 0 unspecified atom stereocenters. The SMILES string of the molecule is Nn1c(=O)c(=O)[nH]c2c([N+](=O)[O-])c(Br)c(Br)cc21. The first-order valence-electron chi connectivity index (χ1n) is 4.41. The maximum Gasteiger partial charge on any atom is 0.334 e. The molecule has 3 N–H and O–H groups in total. The first-order valence-corrected chi connectivity index (χ1v) is 5.99. The van der Waals surface area contributed by atoms with Gasteiger partial charge in [-0.2, -0.15) is 0 Å². The van der Waals surface area contributed by atoms with Gasteiger partial charge in [-0.3, -0.25) is 19.7 Å². The normalized spacial score (nSPS) is 10.8. The van der Waals surface area contributed by atoms with Crippen LogP contribution in [0.3, 0.4) is 0 Å². The predicted octanol–water partition coefficient (Wildman–Crippen LogP) is 0.837. The number of nitrogens with one attached hydrogen (secondary N) is 1. The Morgan fingerprint density at radius 2 is 2.00 bits per heavy atom. The van der Waals surface area contributed by atoms with E-state index < -0.39 is 16.0 Å². The highest BCUT2D eigenvalue weighted by Gasteiger charge is 2.23. The van der Waals surface area contributed by atoms with Crippen LogP contribution in [-0.4, -0.2) is 14.6 Å². The van der Waals surface area contributed by atoms with E-state index in [1.807, 2.05) is 0 Å². The molecule has 10 heteroatoms. The van der Waals surface area contributed by atoms with Crippen LogP contribution in [0, 0.1) is 10.1 Å². The van der Waals surface area contributed by atoms with Crippen molar-refractivity contribution in [2.75, 3.05) is 5.84 Å². The van der Waals surface area contributed by atoms with Crippen molar-refractivity contribution < 1.29 is 4.92 Å². The summed E-state index contributed by atoms with van der Waals surface area (Å²) in [6.45, 7) is 0. The van der Waals surface area contributed by atoms with Gasteiger partial charge in [-0.15, -0.1) is 0 Å². The number of nitrogen functional groups attached to an aromatic ring is 1. The number of fused-ring (bicyclic) bond motifs is 1. The van der Waals surface area contributed by atoms with Gasteiger partial charge in [0.25, 0.3) is 0 Å². The molecule has 0 aliphatic rings. The summed E-state index contributed by atoms with van der Waals surface area (Å²) in [4.78, 5) is 35.1. The number of halogens is 2. The molecule has 1 aromatic carbocycles. The molecule has 0 radical (unpaired) electrons. The van der Waals surface area contributed by atoms with Crippen molar-refractivity contribution in [2.24, 2.45) is 0 Å². The second kappa shape index (κ2) is 4.21. The summed E-state index contributed by atoms with van der Waals surface area (Å²) in [5.74, 6) is 5.43. The monoisotopic (exact) mass is 378 g/mol. The average molecular weight is 380 g/mol. The van der Waals surface area contributed by atoms with E-state index in [0.717, 1.165) is 0 Å². The fraction of sp³-hybridized carbons (Fsp3) is 0. The number of aromatic nitrogens is 2. The van der Waals surface area contributed by atoms with Crippen LogP contribution in [0.1, 0.15) is 0 Å². The number of rotatable bonds is 1. The van der Waals surface area contributed by atoms with E-state index in [1.54, 1.807) is 0 Å². The fourth-order valence-corrected chi connectivity index (χ4v) is 2.33. The molecule has 1 aromatic heterocycles. The van der Waals surface area contributed by atoms with Crippen molar-refractivity contribution in [3.8, 4) is 0 Å². The molecule has 0 aliphatic heterocycles. The van der Waals surface area contributed by atoms with Crippen LogP contribution < -0.4 is 17.0 Å². The van der Waals surface area contributed by atoms with E-state index in [1.165, 1.54) is 6.07 Å². The third-order valence-electron chi connectivity index (χ3n) is 2.27. The van der Waals surface area contributed by atoms with Gasteiger partial charge in [-0.05, 0) is 37.9 Å². The van der Waals surface area contributed by atoms with Gasteiger partial charge >= 0.3 is 16.8 Å². The maximum atomic E-state index is 11.4. The molecule has 2 aromatic rings. The fourth-order valence-electron chi connectivity index (χ4n) is 1.47. The van der Waals surface area contributed by atoms with Crippen LogP contribution in [0.15, 0.2) is 24.6 Å². The summed E-state index contributed by atoms with van der Waals surface area (Å²) < 4.78 is 1.06. The zero-order chi connectivity index (χ0) is 13.6. The molecular formula is C8H4Br2N4O4. The number of H-pyrrole nitrogens is 1. The molecule has 0 saturated carbocycles. The molecule has 1 heterocycles. The molecule has 0 saturated heterocycles. The van der Waals surface area contributed by atoms with Crippen LogP contribution >= 0.6 is 31.9 Å². The summed E-state index contributed by atoms with van der Waals surface area (Å²) in [6, 6.07) is 1.39. The lowest BCUT2D eigenvalue weighted by Gasteiger charge is -2.06. The van der Waals surface area contributed by atoms with Crippen molar-refractivity contribution in [2.45, 2.75) is 0 Å². The van der Waals surface area contributed by atoms with Gasteiger partial charge in [0.2, 0.25) is 0 Å². The van der Waals surface area contributed by atoms with E-state index in [-0.39, 0.29) is 21.2 Å². The molecule has 2 rings (SSSR count). The van der Waals surface area contributed by atoms with E-state index in [4.69, 9.17) is 5.84 Å². The molecule has 18 heavy (non-hydrogen) atoms. The molecule has 94 valence electrons. The predicted molar refractivity (Wildman–Crippen MR) is 71.0 cm³/mol. The number of hydrogen-bond donors (Lipinski definition) is 2. The van der Waals surface area contributed by atoms with Gasteiger partial charge in [-0.25, -0.2) is 4.68 Å². The van der Waals surface area contributed by atoms with Crippen LogP contribution in [0.25, 0.3) is 11.0 Å². The van der Waals surface area contributed by atoms with E-state index in [2.05, 4.69) is 36.8 Å². The third kappa shape index (κ3) is 1.73. The summed E-state index contributed by atoms with van der Waals surface area (Å²) >= 11 is 6.13. The molecule has 8 nitrogen and oxygen atoms in total. The molecule has 0 amide bonds. The minimum Gasteiger partial charge on any atom is -0.336 e. The van der Waals surface area contributed by atoms with E-state index >= 15 is 0 Å². The van der Waals surface area contributed by atoms with Crippen LogP contribution in [-0.2, 0) is 0 Å². The Bertz CT molecular complexity index is 794. The summed E-state index contributed by atoms with van der Waals surface area (Å²) in [6.07, 6.45) is 0. The van der Waals surface area contributed by atoms with Crippen molar-refractivity contribution in [1.29, 1.82) is 0 Å². The number of nitro benzene ring substituents is 1. The molecule has 0 spiro atoms. The minimum atomic E-state index is -1.03. The van der Waals surface area contributed by atoms with Crippen molar-refractivity contribution >= 4 is 48.6 Å². The van der Waals surface area contributed by atoms with Crippen LogP contribution in [0.5, 0.6) is 0 Å². The van der Waals surface area contributed by atoms with Crippen molar-refractivity contribution in [1.82, 2.24) is 9.66 Å². The van der Waals surface area contributed by atoms with E-state index in [9.17, 15) is 19.7 Å². The second-order valence-electron chi connectivity index (χ2n) is 3.30.